The van der Waals surface area contributed by atoms with E-state index in [9.17, 15) is 10.0 Å². The second-order valence-corrected chi connectivity index (χ2v) is 9.14. The third-order valence-corrected chi connectivity index (χ3v) is 6.11. The first kappa shape index (κ1) is 25.6. The fourth-order valence-electron chi connectivity index (χ4n) is 2.79. The number of methoxy groups -OCH3 is 1. The second-order valence-electron chi connectivity index (χ2n) is 6.58. The maximum Gasteiger partial charge on any atom is 0.269 e. The van der Waals surface area contributed by atoms with Crippen LogP contribution in [0.3, 0.4) is 0 Å². The molecule has 0 aromatic heterocycles. The number of oxime groups is 1. The number of halogens is 3. The molecule has 0 heterocycles. The van der Waals surface area contributed by atoms with Crippen molar-refractivity contribution >= 4 is 59.4 Å². The lowest BCUT2D eigenvalue weighted by atomic mass is 10.1. The van der Waals surface area contributed by atoms with Crippen molar-refractivity contribution < 1.29 is 19.5 Å². The molecule has 7 nitrogen and oxygen atoms in total. The van der Waals surface area contributed by atoms with Crippen LogP contribution in [0.5, 0.6) is 11.5 Å². The highest BCUT2D eigenvalue weighted by atomic mass is 79.9. The van der Waals surface area contributed by atoms with E-state index in [4.69, 9.17) is 15.2 Å². The van der Waals surface area contributed by atoms with Crippen LogP contribution in [0.2, 0.25) is 0 Å². The second kappa shape index (κ2) is 13.0. The van der Waals surface area contributed by atoms with Gasteiger partial charge in [-0.25, -0.2) is 0 Å². The molecule has 0 aliphatic carbocycles. The van der Waals surface area contributed by atoms with Gasteiger partial charge < -0.3 is 25.7 Å². The molecule has 2 aromatic carbocycles. The molecule has 31 heavy (non-hydrogen) atoms. The molecular weight excluding hydrogens is 598 g/mol. The van der Waals surface area contributed by atoms with Crippen LogP contribution in [-0.4, -0.2) is 43.6 Å². The summed E-state index contributed by atoms with van der Waals surface area (Å²) in [4.78, 5) is 12.3. The van der Waals surface area contributed by atoms with E-state index >= 15 is 0 Å². The molecule has 0 saturated heterocycles. The van der Waals surface area contributed by atoms with Crippen LogP contribution in [-0.2, 0) is 17.6 Å². The highest BCUT2D eigenvalue weighted by molar-refractivity contribution is 9.11. The minimum absolute atomic E-state index is 0.0268. The third-order valence-electron chi connectivity index (χ3n) is 4.31. The first-order chi connectivity index (χ1) is 14.9. The first-order valence-electron chi connectivity index (χ1n) is 9.52. The zero-order valence-electron chi connectivity index (χ0n) is 17.0. The van der Waals surface area contributed by atoms with Crippen LogP contribution in [0.4, 0.5) is 0 Å². The highest BCUT2D eigenvalue weighted by Crippen LogP contribution is 2.35. The molecule has 10 heteroatoms. The number of carbonyl (C=O) groups is 1. The maximum absolute atomic E-state index is 12.3. The fraction of sp³-hybridized carbons (Fsp3) is 0.333. The zero-order valence-corrected chi connectivity index (χ0v) is 21.7. The Morgan fingerprint density at radius 3 is 2.39 bits per heavy atom. The normalized spacial score (nSPS) is 11.3. The van der Waals surface area contributed by atoms with E-state index in [1.807, 2.05) is 24.3 Å². The lowest BCUT2D eigenvalue weighted by Gasteiger charge is -2.13. The van der Waals surface area contributed by atoms with Gasteiger partial charge >= 0.3 is 0 Å². The molecule has 0 aliphatic heterocycles. The number of nitrogens with zero attached hydrogens (tertiary/aromatic N) is 1. The Hall–Kier alpha value is -1.62. The van der Waals surface area contributed by atoms with E-state index < -0.39 is 5.91 Å². The predicted molar refractivity (Wildman–Crippen MR) is 131 cm³/mol. The van der Waals surface area contributed by atoms with Crippen LogP contribution < -0.4 is 20.5 Å². The van der Waals surface area contributed by atoms with E-state index in [0.717, 1.165) is 31.0 Å². The van der Waals surface area contributed by atoms with Crippen molar-refractivity contribution in [1.82, 2.24) is 5.32 Å². The minimum Gasteiger partial charge on any atom is -0.496 e. The Bertz CT molecular complexity index is 915. The zero-order chi connectivity index (χ0) is 22.8. The van der Waals surface area contributed by atoms with Gasteiger partial charge in [-0.2, -0.15) is 0 Å². The van der Waals surface area contributed by atoms with E-state index in [1.165, 1.54) is 0 Å². The molecule has 0 unspecified atom stereocenters. The Balaban J connectivity index is 1.81. The van der Waals surface area contributed by atoms with Crippen molar-refractivity contribution in [3.63, 3.8) is 0 Å². The molecule has 0 aliphatic rings. The molecule has 0 bridgehead atoms. The summed E-state index contributed by atoms with van der Waals surface area (Å²) >= 11 is 10.4. The molecule has 0 atom stereocenters. The molecule has 168 valence electrons. The van der Waals surface area contributed by atoms with E-state index in [0.29, 0.717) is 37.6 Å². The van der Waals surface area contributed by atoms with Gasteiger partial charge in [-0.15, -0.1) is 0 Å². The summed E-state index contributed by atoms with van der Waals surface area (Å²) in [5, 5.41) is 15.2. The lowest BCUT2D eigenvalue weighted by molar-refractivity contribution is -0.115. The van der Waals surface area contributed by atoms with Gasteiger partial charge in [-0.3, -0.25) is 4.79 Å². The Morgan fingerprint density at radius 1 is 1.13 bits per heavy atom. The van der Waals surface area contributed by atoms with Crippen molar-refractivity contribution in [1.29, 1.82) is 0 Å². The van der Waals surface area contributed by atoms with Crippen LogP contribution in [0.1, 0.15) is 17.5 Å². The molecule has 0 fully saturated rings. The van der Waals surface area contributed by atoms with Crippen LogP contribution in [0, 0.1) is 0 Å². The largest absolute Gasteiger partial charge is 0.496 e. The molecular formula is C21H24Br3N3O4. The number of hydrogen-bond acceptors (Lipinski definition) is 6. The molecule has 2 rings (SSSR count). The van der Waals surface area contributed by atoms with E-state index in [1.54, 1.807) is 13.2 Å². The topological polar surface area (TPSA) is 106 Å². The summed E-state index contributed by atoms with van der Waals surface area (Å²) in [5.74, 6) is 0.959. The summed E-state index contributed by atoms with van der Waals surface area (Å²) < 4.78 is 13.5. The number of ether oxygens (including phenoxy) is 2. The third kappa shape index (κ3) is 7.78. The molecule has 1 amide bonds. The fourth-order valence-corrected chi connectivity index (χ4v) is 4.88. The van der Waals surface area contributed by atoms with Gasteiger partial charge in [0.05, 0.1) is 27.1 Å². The number of carbonyl (C=O) groups excluding carboxylic acids is 1. The van der Waals surface area contributed by atoms with Crippen LogP contribution in [0.15, 0.2) is 48.9 Å². The summed E-state index contributed by atoms with van der Waals surface area (Å²) in [5.41, 5.74) is 7.55. The standard InChI is InChI=1S/C21H24Br3N3O4/c1-30-19-4-3-13(9-15(19)22)12-18(27-29)21(28)26-7-2-8-31-20-16(23)10-14(5-6-25)11-17(20)24/h3-4,9-11,29H,2,5-8,12,25H2,1H3,(H,26,28). The first-order valence-corrected chi connectivity index (χ1v) is 11.9. The molecule has 0 spiro atoms. The van der Waals surface area contributed by atoms with Gasteiger partial charge in [0, 0.05) is 13.0 Å². The Kier molecular flexibility index (Phi) is 10.8. The Morgan fingerprint density at radius 2 is 1.81 bits per heavy atom. The lowest BCUT2D eigenvalue weighted by Crippen LogP contribution is -2.33. The van der Waals surface area contributed by atoms with Gasteiger partial charge in [-0.1, -0.05) is 11.2 Å². The molecule has 0 radical (unpaired) electrons. The Labute approximate surface area is 206 Å². The van der Waals surface area contributed by atoms with Gasteiger partial charge in [0.15, 0.2) is 0 Å². The summed E-state index contributed by atoms with van der Waals surface area (Å²) in [6.07, 6.45) is 1.56. The number of benzene rings is 2. The average molecular weight is 622 g/mol. The van der Waals surface area contributed by atoms with E-state index in [2.05, 4.69) is 58.3 Å². The van der Waals surface area contributed by atoms with Crippen molar-refractivity contribution in [2.75, 3.05) is 26.8 Å². The minimum atomic E-state index is -0.428. The summed E-state index contributed by atoms with van der Waals surface area (Å²) in [6, 6.07) is 9.37. The molecule has 4 N–H and O–H groups in total. The smallest absolute Gasteiger partial charge is 0.269 e. The molecule has 0 saturated carbocycles. The highest BCUT2D eigenvalue weighted by Gasteiger charge is 2.14. The van der Waals surface area contributed by atoms with E-state index in [-0.39, 0.29) is 12.1 Å². The monoisotopic (exact) mass is 619 g/mol. The SMILES string of the molecule is COc1ccc(CC(=NO)C(=O)NCCCOc2c(Br)cc(CCN)cc2Br)cc1Br. The number of hydrogen-bond donors (Lipinski definition) is 3. The van der Waals surface area contributed by atoms with Crippen molar-refractivity contribution in [2.45, 2.75) is 19.3 Å². The van der Waals surface area contributed by atoms with Crippen molar-refractivity contribution in [3.05, 3.63) is 54.9 Å². The van der Waals surface area contributed by atoms with Gasteiger partial charge in [0.2, 0.25) is 0 Å². The molecule has 2 aromatic rings. The summed E-state index contributed by atoms with van der Waals surface area (Å²) in [6.45, 7) is 1.36. The van der Waals surface area contributed by atoms with Crippen LogP contribution in [0.25, 0.3) is 0 Å². The van der Waals surface area contributed by atoms with Gasteiger partial charge in [0.25, 0.3) is 5.91 Å². The predicted octanol–water partition coefficient (Wildman–Crippen LogP) is 4.44. The number of nitrogens with one attached hydrogen (secondary N) is 1. The average Bonchev–Trinajstić information content (AvgIpc) is 2.73. The number of rotatable bonds is 11. The maximum atomic E-state index is 12.3. The van der Waals surface area contributed by atoms with Gasteiger partial charge in [-0.05, 0) is 103 Å². The quantitative estimate of drug-likeness (QED) is 0.149. The van der Waals surface area contributed by atoms with Crippen molar-refractivity contribution in [2.24, 2.45) is 10.9 Å². The van der Waals surface area contributed by atoms with Gasteiger partial charge in [0.1, 0.15) is 17.2 Å². The van der Waals surface area contributed by atoms with Crippen LogP contribution >= 0.6 is 47.8 Å². The van der Waals surface area contributed by atoms with Crippen molar-refractivity contribution in [3.8, 4) is 11.5 Å². The number of nitrogens with two attached hydrogens (primary N) is 1. The summed E-state index contributed by atoms with van der Waals surface area (Å²) in [7, 11) is 1.58. The number of amides is 1.